The Hall–Kier alpha value is -4.02. The normalized spacial score (nSPS) is 13.7. The van der Waals surface area contributed by atoms with Gasteiger partial charge in [0.15, 0.2) is 6.61 Å². The molecule has 3 aromatic carbocycles. The van der Waals surface area contributed by atoms with Crippen LogP contribution in [0, 0.1) is 0 Å². The van der Waals surface area contributed by atoms with Crippen molar-refractivity contribution in [2.45, 2.75) is 25.2 Å². The summed E-state index contributed by atoms with van der Waals surface area (Å²) in [5.74, 6) is -1.14. The molecule has 194 valence electrons. The largest absolute Gasteiger partial charge is 0.482 e. The molecule has 3 aromatic rings. The van der Waals surface area contributed by atoms with Crippen molar-refractivity contribution in [2.75, 3.05) is 23.4 Å². The maximum absolute atomic E-state index is 13.2. The van der Waals surface area contributed by atoms with Crippen molar-refractivity contribution >= 4 is 23.2 Å². The van der Waals surface area contributed by atoms with E-state index in [4.69, 9.17) is 4.74 Å². The van der Waals surface area contributed by atoms with E-state index in [2.05, 4.69) is 5.32 Å². The number of nitrogens with one attached hydrogen (secondary N) is 1. The van der Waals surface area contributed by atoms with Gasteiger partial charge >= 0.3 is 12.4 Å². The predicted octanol–water partition coefficient (Wildman–Crippen LogP) is 6.33. The van der Waals surface area contributed by atoms with Crippen molar-refractivity contribution in [1.82, 2.24) is 0 Å². The molecule has 1 aliphatic rings. The maximum atomic E-state index is 13.2. The van der Waals surface area contributed by atoms with Crippen LogP contribution in [0.1, 0.15) is 33.5 Å². The highest BCUT2D eigenvalue weighted by Crippen LogP contribution is 2.37. The first-order valence-corrected chi connectivity index (χ1v) is 11.1. The number of carbonyl (C=O) groups excluding carboxylic acids is 2. The summed E-state index contributed by atoms with van der Waals surface area (Å²) in [5.41, 5.74) is -2.51. The SMILES string of the molecule is O=C(Nc1ccc2c(c1)N(CCCc1ccccc1)C(=O)CO2)c1cc(C(F)(F)F)cc(C(F)(F)F)c1. The molecule has 1 N–H and O–H groups in total. The third kappa shape index (κ3) is 6.22. The van der Waals surface area contributed by atoms with Gasteiger partial charge in [-0.25, -0.2) is 0 Å². The molecule has 1 aliphatic heterocycles. The number of anilines is 2. The lowest BCUT2D eigenvalue weighted by Gasteiger charge is -2.30. The summed E-state index contributed by atoms with van der Waals surface area (Å²) in [6.07, 6.45) is -8.84. The lowest BCUT2D eigenvalue weighted by Crippen LogP contribution is -2.39. The standard InChI is InChI=1S/C26H20F6N2O3/c27-25(28,29)18-11-17(12-19(13-18)26(30,31)32)24(36)33-20-8-9-22-21(14-20)34(23(35)15-37-22)10-4-7-16-5-2-1-3-6-16/h1-3,5-6,8-9,11-14H,4,7,10,15H2,(H,33,36). The monoisotopic (exact) mass is 522 g/mol. The molecule has 0 saturated carbocycles. The van der Waals surface area contributed by atoms with Gasteiger partial charge in [-0.2, -0.15) is 26.3 Å². The van der Waals surface area contributed by atoms with E-state index in [9.17, 15) is 35.9 Å². The van der Waals surface area contributed by atoms with E-state index >= 15 is 0 Å². The highest BCUT2D eigenvalue weighted by atomic mass is 19.4. The summed E-state index contributed by atoms with van der Waals surface area (Å²) < 4.78 is 84.4. The van der Waals surface area contributed by atoms with E-state index in [1.165, 1.54) is 23.1 Å². The van der Waals surface area contributed by atoms with E-state index in [1.807, 2.05) is 30.3 Å². The Morgan fingerprint density at radius 3 is 2.16 bits per heavy atom. The molecule has 0 atom stereocenters. The minimum absolute atomic E-state index is 0.0497. The molecule has 37 heavy (non-hydrogen) atoms. The van der Waals surface area contributed by atoms with Crippen molar-refractivity contribution in [2.24, 2.45) is 0 Å². The number of benzene rings is 3. The van der Waals surface area contributed by atoms with Crippen LogP contribution >= 0.6 is 0 Å². The number of alkyl halides is 6. The molecule has 0 aliphatic carbocycles. The van der Waals surface area contributed by atoms with Crippen LogP contribution in [-0.2, 0) is 23.6 Å². The van der Waals surface area contributed by atoms with Gasteiger partial charge in [-0.1, -0.05) is 30.3 Å². The zero-order valence-electron chi connectivity index (χ0n) is 19.1. The van der Waals surface area contributed by atoms with Crippen LogP contribution in [0.5, 0.6) is 5.75 Å². The number of halogens is 6. The number of aryl methyl sites for hydroxylation is 1. The fraction of sp³-hybridized carbons (Fsp3) is 0.231. The third-order valence-corrected chi connectivity index (χ3v) is 5.70. The summed E-state index contributed by atoms with van der Waals surface area (Å²) in [5, 5.41) is 2.32. The molecule has 11 heteroatoms. The van der Waals surface area contributed by atoms with Gasteiger partial charge in [-0.3, -0.25) is 9.59 Å². The zero-order chi connectivity index (χ0) is 26.8. The Morgan fingerprint density at radius 2 is 1.54 bits per heavy atom. The van der Waals surface area contributed by atoms with Crippen LogP contribution in [0.25, 0.3) is 0 Å². The van der Waals surface area contributed by atoms with Crippen LogP contribution in [0.2, 0.25) is 0 Å². The lowest BCUT2D eigenvalue weighted by molar-refractivity contribution is -0.143. The van der Waals surface area contributed by atoms with Crippen LogP contribution in [-0.4, -0.2) is 25.0 Å². The smallest absolute Gasteiger partial charge is 0.416 e. The average molecular weight is 522 g/mol. The van der Waals surface area contributed by atoms with E-state index in [0.29, 0.717) is 43.0 Å². The van der Waals surface area contributed by atoms with Gasteiger partial charge in [0.1, 0.15) is 5.75 Å². The molecule has 0 radical (unpaired) electrons. The first-order chi connectivity index (χ1) is 17.4. The predicted molar refractivity (Wildman–Crippen MR) is 123 cm³/mol. The maximum Gasteiger partial charge on any atom is 0.416 e. The van der Waals surface area contributed by atoms with Gasteiger partial charge in [0.25, 0.3) is 11.8 Å². The van der Waals surface area contributed by atoms with Crippen molar-refractivity contribution < 1.29 is 40.7 Å². The van der Waals surface area contributed by atoms with Crippen LogP contribution in [0.3, 0.4) is 0 Å². The molecular weight excluding hydrogens is 502 g/mol. The van der Waals surface area contributed by atoms with Crippen LogP contribution in [0.15, 0.2) is 66.7 Å². The summed E-state index contributed by atoms with van der Waals surface area (Å²) in [4.78, 5) is 26.7. The number of carbonyl (C=O) groups is 2. The number of rotatable bonds is 6. The Bertz CT molecular complexity index is 1270. The Morgan fingerprint density at radius 1 is 0.892 bits per heavy atom. The number of nitrogens with zero attached hydrogens (tertiary/aromatic N) is 1. The van der Waals surface area contributed by atoms with Crippen LogP contribution in [0.4, 0.5) is 37.7 Å². The van der Waals surface area contributed by atoms with Gasteiger partial charge in [0.05, 0.1) is 16.8 Å². The van der Waals surface area contributed by atoms with E-state index in [0.717, 1.165) is 5.56 Å². The van der Waals surface area contributed by atoms with Gasteiger partial charge in [-0.15, -0.1) is 0 Å². The molecular formula is C26H20F6N2O3. The number of ether oxygens (including phenoxy) is 1. The van der Waals surface area contributed by atoms with Crippen molar-refractivity contribution in [3.05, 3.63) is 89.0 Å². The molecule has 0 aromatic heterocycles. The fourth-order valence-corrected chi connectivity index (χ4v) is 3.90. The first-order valence-electron chi connectivity index (χ1n) is 11.1. The molecule has 2 amide bonds. The third-order valence-electron chi connectivity index (χ3n) is 5.70. The van der Waals surface area contributed by atoms with Gasteiger partial charge < -0.3 is 15.0 Å². The molecule has 1 heterocycles. The zero-order valence-corrected chi connectivity index (χ0v) is 19.1. The van der Waals surface area contributed by atoms with E-state index < -0.39 is 35.0 Å². The second-order valence-electron chi connectivity index (χ2n) is 8.35. The second kappa shape index (κ2) is 10.2. The Kier molecular flexibility index (Phi) is 7.15. The quantitative estimate of drug-likeness (QED) is 0.385. The fourth-order valence-electron chi connectivity index (χ4n) is 3.90. The number of fused-ring (bicyclic) bond motifs is 1. The number of hydrogen-bond donors (Lipinski definition) is 1. The summed E-state index contributed by atoms with van der Waals surface area (Å²) >= 11 is 0. The van der Waals surface area contributed by atoms with Crippen LogP contribution < -0.4 is 15.0 Å². The Balaban J connectivity index is 1.56. The van der Waals surface area contributed by atoms with Gasteiger partial charge in [0, 0.05) is 17.8 Å². The second-order valence-corrected chi connectivity index (χ2v) is 8.35. The molecule has 4 rings (SSSR count). The summed E-state index contributed by atoms with van der Waals surface area (Å²) in [7, 11) is 0. The lowest BCUT2D eigenvalue weighted by atomic mass is 10.0. The summed E-state index contributed by atoms with van der Waals surface area (Å²) in [6.45, 7) is 0.151. The number of amides is 2. The van der Waals surface area contributed by atoms with Gasteiger partial charge in [-0.05, 0) is 54.8 Å². The molecule has 0 fully saturated rings. The Labute approximate surface area is 207 Å². The molecule has 0 saturated heterocycles. The highest BCUT2D eigenvalue weighted by Gasteiger charge is 2.37. The number of hydrogen-bond acceptors (Lipinski definition) is 3. The first kappa shape index (κ1) is 26.1. The summed E-state index contributed by atoms with van der Waals surface area (Å²) in [6, 6.07) is 14.5. The minimum atomic E-state index is -5.08. The van der Waals surface area contributed by atoms with Crippen molar-refractivity contribution in [3.63, 3.8) is 0 Å². The van der Waals surface area contributed by atoms with E-state index in [-0.39, 0.29) is 24.3 Å². The molecule has 0 bridgehead atoms. The van der Waals surface area contributed by atoms with E-state index in [1.54, 1.807) is 0 Å². The molecule has 0 unspecified atom stereocenters. The molecule has 5 nitrogen and oxygen atoms in total. The average Bonchev–Trinajstić information content (AvgIpc) is 2.84. The minimum Gasteiger partial charge on any atom is -0.482 e. The topological polar surface area (TPSA) is 58.6 Å². The van der Waals surface area contributed by atoms with Crippen molar-refractivity contribution in [3.8, 4) is 5.75 Å². The highest BCUT2D eigenvalue weighted by molar-refractivity contribution is 6.05. The van der Waals surface area contributed by atoms with Crippen molar-refractivity contribution in [1.29, 1.82) is 0 Å². The van der Waals surface area contributed by atoms with Gasteiger partial charge in [0.2, 0.25) is 0 Å². The molecule has 0 spiro atoms.